The van der Waals surface area contributed by atoms with Gasteiger partial charge in [-0.3, -0.25) is 9.59 Å². The normalized spacial score (nSPS) is 14.4. The number of hydrogen-bond acceptors (Lipinski definition) is 2. The second kappa shape index (κ2) is 5.25. The Kier molecular flexibility index (Phi) is 3.08. The Morgan fingerprint density at radius 3 is 1.35 bits per heavy atom. The van der Waals surface area contributed by atoms with Gasteiger partial charge in [0, 0.05) is 22.3 Å². The molecule has 0 N–H and O–H groups in total. The van der Waals surface area contributed by atoms with Crippen LogP contribution in [-0.2, 0) is 12.8 Å². The highest BCUT2D eigenvalue weighted by molar-refractivity contribution is 6.16. The fraction of sp³-hybridized carbons (Fsp3) is 0.167. The fourth-order valence-corrected chi connectivity index (χ4v) is 4.22. The Morgan fingerprint density at radius 2 is 0.923 bits per heavy atom. The molecule has 0 aromatic heterocycles. The first-order chi connectivity index (χ1) is 12.5. The summed E-state index contributed by atoms with van der Waals surface area (Å²) in [5, 5.41) is 0. The molecule has 0 heterocycles. The van der Waals surface area contributed by atoms with Crippen molar-refractivity contribution >= 4 is 11.6 Å². The van der Waals surface area contributed by atoms with Crippen LogP contribution >= 0.6 is 0 Å². The molecule has 0 unspecified atom stereocenters. The van der Waals surface area contributed by atoms with Crippen molar-refractivity contribution in [1.29, 1.82) is 0 Å². The second-order valence-corrected chi connectivity index (χ2v) is 7.50. The summed E-state index contributed by atoms with van der Waals surface area (Å²) in [4.78, 5) is 26.1. The van der Waals surface area contributed by atoms with Gasteiger partial charge in [-0.15, -0.1) is 0 Å². The first kappa shape index (κ1) is 15.3. The number of rotatable bonds is 0. The van der Waals surface area contributed by atoms with Gasteiger partial charge in [0.25, 0.3) is 0 Å². The Morgan fingerprint density at radius 1 is 0.538 bits per heavy atom. The lowest BCUT2D eigenvalue weighted by Gasteiger charge is -2.24. The van der Waals surface area contributed by atoms with E-state index in [0.717, 1.165) is 55.6 Å². The summed E-state index contributed by atoms with van der Waals surface area (Å²) < 4.78 is 0. The Labute approximate surface area is 152 Å². The topological polar surface area (TPSA) is 34.1 Å². The molecule has 3 aromatic carbocycles. The first-order valence-corrected chi connectivity index (χ1v) is 8.95. The van der Waals surface area contributed by atoms with Gasteiger partial charge in [-0.2, -0.15) is 0 Å². The molecule has 0 saturated carbocycles. The number of aryl methyl sites for hydroxylation is 2. The minimum absolute atomic E-state index is 0.0786. The maximum Gasteiger partial charge on any atom is 0.193 e. The average molecular weight is 338 g/mol. The van der Waals surface area contributed by atoms with E-state index in [9.17, 15) is 9.59 Å². The lowest BCUT2D eigenvalue weighted by molar-refractivity contribution is 0.102. The Hall–Kier alpha value is -3.00. The van der Waals surface area contributed by atoms with Crippen LogP contribution in [0.25, 0.3) is 0 Å². The van der Waals surface area contributed by atoms with Gasteiger partial charge in [-0.1, -0.05) is 35.4 Å². The smallest absolute Gasteiger partial charge is 0.193 e. The van der Waals surface area contributed by atoms with Crippen LogP contribution in [0.15, 0.2) is 48.5 Å². The second-order valence-electron chi connectivity index (χ2n) is 7.50. The molecule has 0 spiro atoms. The number of hydrogen-bond donors (Lipinski definition) is 0. The predicted octanol–water partition coefficient (Wildman–Crippen LogP) is 4.57. The van der Waals surface area contributed by atoms with Crippen LogP contribution in [0, 0.1) is 13.8 Å². The first-order valence-electron chi connectivity index (χ1n) is 8.95. The van der Waals surface area contributed by atoms with E-state index in [1.807, 2.05) is 62.4 Å². The molecule has 0 saturated heterocycles. The summed E-state index contributed by atoms with van der Waals surface area (Å²) in [5.41, 5.74) is 9.34. The molecule has 2 nitrogen and oxygen atoms in total. The van der Waals surface area contributed by atoms with Crippen molar-refractivity contribution in [2.24, 2.45) is 0 Å². The summed E-state index contributed by atoms with van der Waals surface area (Å²) in [5.74, 6) is 0.157. The van der Waals surface area contributed by atoms with Crippen LogP contribution in [0.4, 0.5) is 0 Å². The van der Waals surface area contributed by atoms with Gasteiger partial charge in [0.2, 0.25) is 0 Å². The Bertz CT molecular complexity index is 1040. The van der Waals surface area contributed by atoms with Crippen molar-refractivity contribution in [3.63, 3.8) is 0 Å². The fourth-order valence-electron chi connectivity index (χ4n) is 4.22. The van der Waals surface area contributed by atoms with Crippen LogP contribution in [0.5, 0.6) is 0 Å². The summed E-state index contributed by atoms with van der Waals surface area (Å²) in [6.45, 7) is 4.01. The van der Waals surface area contributed by atoms with Gasteiger partial charge in [-0.25, -0.2) is 0 Å². The quantitative estimate of drug-likeness (QED) is 0.414. The van der Waals surface area contributed by atoms with Crippen molar-refractivity contribution in [2.75, 3.05) is 0 Å². The highest BCUT2D eigenvalue weighted by Crippen LogP contribution is 2.34. The third kappa shape index (κ3) is 2.12. The summed E-state index contributed by atoms with van der Waals surface area (Å²) >= 11 is 0. The van der Waals surface area contributed by atoms with Crippen molar-refractivity contribution in [1.82, 2.24) is 0 Å². The number of fused-ring (bicyclic) bond motifs is 4. The monoisotopic (exact) mass is 338 g/mol. The SMILES string of the molecule is Cc1ccc2c(c1)C(=O)c1cc3c(cc1C2)C(=O)c1cc(C)ccc1C3. The van der Waals surface area contributed by atoms with E-state index < -0.39 is 0 Å². The van der Waals surface area contributed by atoms with Crippen molar-refractivity contribution in [2.45, 2.75) is 26.7 Å². The molecular formula is C24H18O2. The Balaban J connectivity index is 1.67. The van der Waals surface area contributed by atoms with Crippen LogP contribution in [0.2, 0.25) is 0 Å². The maximum absolute atomic E-state index is 13.0. The van der Waals surface area contributed by atoms with Gasteiger partial charge in [0.15, 0.2) is 11.6 Å². The van der Waals surface area contributed by atoms with Gasteiger partial charge in [0.1, 0.15) is 0 Å². The number of ketones is 2. The average Bonchev–Trinajstić information content (AvgIpc) is 2.63. The predicted molar refractivity (Wildman–Crippen MR) is 101 cm³/mol. The van der Waals surface area contributed by atoms with E-state index in [0.29, 0.717) is 12.8 Å². The standard InChI is InChI=1S/C24H18O2/c1-13-3-5-15-9-17-12-22-18(11-21(17)23(25)19(15)7-13)10-16-6-4-14(2)8-20(16)24(22)26/h3-8,11-12H,9-10H2,1-2H3. The highest BCUT2D eigenvalue weighted by Gasteiger charge is 2.29. The molecule has 0 fully saturated rings. The van der Waals surface area contributed by atoms with Gasteiger partial charge in [-0.05, 0) is 73.2 Å². The van der Waals surface area contributed by atoms with Crippen molar-refractivity contribution in [3.05, 3.63) is 104 Å². The van der Waals surface area contributed by atoms with E-state index in [4.69, 9.17) is 0 Å². The molecule has 2 aliphatic rings. The van der Waals surface area contributed by atoms with Crippen LogP contribution in [0.1, 0.15) is 65.2 Å². The van der Waals surface area contributed by atoms with E-state index in [-0.39, 0.29) is 11.6 Å². The van der Waals surface area contributed by atoms with Crippen LogP contribution < -0.4 is 0 Å². The van der Waals surface area contributed by atoms with Gasteiger partial charge >= 0.3 is 0 Å². The largest absolute Gasteiger partial charge is 0.289 e. The molecule has 126 valence electrons. The lowest BCUT2D eigenvalue weighted by Crippen LogP contribution is -2.21. The molecule has 0 bridgehead atoms. The third-order valence-electron chi connectivity index (χ3n) is 5.60. The summed E-state index contributed by atoms with van der Waals surface area (Å²) in [6.07, 6.45) is 1.41. The van der Waals surface area contributed by atoms with E-state index in [1.165, 1.54) is 0 Å². The van der Waals surface area contributed by atoms with Gasteiger partial charge < -0.3 is 0 Å². The zero-order valence-electron chi connectivity index (χ0n) is 14.8. The highest BCUT2D eigenvalue weighted by atomic mass is 16.1. The summed E-state index contributed by atoms with van der Waals surface area (Å²) in [6, 6.07) is 16.0. The summed E-state index contributed by atoms with van der Waals surface area (Å²) in [7, 11) is 0. The zero-order chi connectivity index (χ0) is 18.0. The molecular weight excluding hydrogens is 320 g/mol. The molecule has 26 heavy (non-hydrogen) atoms. The molecule has 0 aliphatic heterocycles. The molecule has 3 aromatic rings. The third-order valence-corrected chi connectivity index (χ3v) is 5.60. The lowest BCUT2D eigenvalue weighted by atomic mass is 9.78. The number of carbonyl (C=O) groups is 2. The molecule has 0 amide bonds. The van der Waals surface area contributed by atoms with Crippen molar-refractivity contribution < 1.29 is 9.59 Å². The van der Waals surface area contributed by atoms with Gasteiger partial charge in [0.05, 0.1) is 0 Å². The zero-order valence-corrected chi connectivity index (χ0v) is 14.8. The maximum atomic E-state index is 13.0. The minimum atomic E-state index is 0.0786. The molecule has 2 heteroatoms. The van der Waals surface area contributed by atoms with Crippen molar-refractivity contribution in [3.8, 4) is 0 Å². The van der Waals surface area contributed by atoms with E-state index in [1.54, 1.807) is 0 Å². The van der Waals surface area contributed by atoms with E-state index >= 15 is 0 Å². The van der Waals surface area contributed by atoms with Crippen LogP contribution in [-0.4, -0.2) is 11.6 Å². The molecule has 0 atom stereocenters. The molecule has 5 rings (SSSR count). The molecule has 2 aliphatic carbocycles. The van der Waals surface area contributed by atoms with Crippen LogP contribution in [0.3, 0.4) is 0 Å². The van der Waals surface area contributed by atoms with E-state index in [2.05, 4.69) is 0 Å². The minimum Gasteiger partial charge on any atom is -0.289 e. The number of carbonyl (C=O) groups excluding carboxylic acids is 2. The number of benzene rings is 3. The molecule has 0 radical (unpaired) electrons.